The van der Waals surface area contributed by atoms with Crippen LogP contribution in [0, 0.1) is 0 Å². The number of hydrogen-bond acceptors (Lipinski definition) is 2. The van der Waals surface area contributed by atoms with Gasteiger partial charge in [-0.15, -0.1) is 0 Å². The van der Waals surface area contributed by atoms with Gasteiger partial charge in [0.25, 0.3) is 0 Å². The maximum atomic E-state index is 11.9. The van der Waals surface area contributed by atoms with E-state index in [1.165, 1.54) is 5.56 Å². The fourth-order valence-electron chi connectivity index (χ4n) is 2.01. The van der Waals surface area contributed by atoms with E-state index in [2.05, 4.69) is 33.4 Å². The average Bonchev–Trinajstić information content (AvgIpc) is 2.54. The maximum absolute atomic E-state index is 11.9. The highest BCUT2D eigenvalue weighted by atomic mass is 79.9. The minimum Gasteiger partial charge on any atom is -0.497 e. The SMILES string of the molecule is COc1ccc(CC(=O)NCc2cccc(CBr)c2)cc1. The van der Waals surface area contributed by atoms with Crippen LogP contribution in [0.25, 0.3) is 0 Å². The van der Waals surface area contributed by atoms with E-state index in [1.807, 2.05) is 36.4 Å². The molecule has 0 spiro atoms. The van der Waals surface area contributed by atoms with Crippen LogP contribution in [0.2, 0.25) is 0 Å². The van der Waals surface area contributed by atoms with Gasteiger partial charge in [0.2, 0.25) is 5.91 Å². The van der Waals surface area contributed by atoms with Gasteiger partial charge in [0.05, 0.1) is 13.5 Å². The number of ether oxygens (including phenoxy) is 1. The minimum absolute atomic E-state index is 0.0180. The van der Waals surface area contributed by atoms with Gasteiger partial charge in [0, 0.05) is 11.9 Å². The second-order valence-electron chi connectivity index (χ2n) is 4.76. The highest BCUT2D eigenvalue weighted by Gasteiger charge is 2.04. The van der Waals surface area contributed by atoms with Crippen LogP contribution in [0.5, 0.6) is 5.75 Å². The molecule has 3 nitrogen and oxygen atoms in total. The second-order valence-corrected chi connectivity index (χ2v) is 5.32. The number of nitrogens with one attached hydrogen (secondary N) is 1. The highest BCUT2D eigenvalue weighted by Crippen LogP contribution is 2.12. The summed E-state index contributed by atoms with van der Waals surface area (Å²) in [5, 5.41) is 3.76. The van der Waals surface area contributed by atoms with E-state index in [0.717, 1.165) is 22.2 Å². The van der Waals surface area contributed by atoms with Crippen LogP contribution < -0.4 is 10.1 Å². The van der Waals surface area contributed by atoms with E-state index < -0.39 is 0 Å². The zero-order chi connectivity index (χ0) is 15.1. The molecule has 0 fully saturated rings. The molecular formula is C17H18BrNO2. The fourth-order valence-corrected chi connectivity index (χ4v) is 2.36. The molecule has 0 saturated carbocycles. The average molecular weight is 348 g/mol. The molecule has 0 atom stereocenters. The van der Waals surface area contributed by atoms with Gasteiger partial charge in [0.1, 0.15) is 5.75 Å². The zero-order valence-corrected chi connectivity index (χ0v) is 13.5. The molecule has 0 unspecified atom stereocenters. The Morgan fingerprint density at radius 2 is 1.81 bits per heavy atom. The molecule has 0 aliphatic rings. The summed E-state index contributed by atoms with van der Waals surface area (Å²) in [7, 11) is 1.63. The van der Waals surface area contributed by atoms with Gasteiger partial charge in [-0.2, -0.15) is 0 Å². The van der Waals surface area contributed by atoms with Crippen molar-refractivity contribution in [3.8, 4) is 5.75 Å². The number of halogens is 1. The second kappa shape index (κ2) is 7.84. The first-order valence-corrected chi connectivity index (χ1v) is 7.87. The summed E-state index contributed by atoms with van der Waals surface area (Å²) >= 11 is 3.43. The summed E-state index contributed by atoms with van der Waals surface area (Å²) in [6.07, 6.45) is 0.377. The molecule has 0 aliphatic carbocycles. The van der Waals surface area contributed by atoms with Crippen LogP contribution in [-0.2, 0) is 23.1 Å². The van der Waals surface area contributed by atoms with E-state index in [1.54, 1.807) is 7.11 Å². The number of methoxy groups -OCH3 is 1. The van der Waals surface area contributed by atoms with Crippen LogP contribution in [0.1, 0.15) is 16.7 Å². The third-order valence-corrected chi connectivity index (χ3v) is 3.81. The number of amides is 1. The number of carbonyl (C=O) groups excluding carboxylic acids is 1. The molecule has 0 saturated heterocycles. The summed E-state index contributed by atoms with van der Waals surface area (Å²) in [5.74, 6) is 0.815. The van der Waals surface area contributed by atoms with Gasteiger partial charge in [0.15, 0.2) is 0 Å². The standard InChI is InChI=1S/C17H18BrNO2/c1-21-16-7-5-13(6-8-16)10-17(20)19-12-15-4-2-3-14(9-15)11-18/h2-9H,10-12H2,1H3,(H,19,20). The number of hydrogen-bond donors (Lipinski definition) is 1. The molecule has 0 radical (unpaired) electrons. The Labute approximate surface area is 133 Å². The number of alkyl halides is 1. The summed E-state index contributed by atoms with van der Waals surface area (Å²) in [6.45, 7) is 0.551. The fraction of sp³-hybridized carbons (Fsp3) is 0.235. The van der Waals surface area contributed by atoms with Gasteiger partial charge >= 0.3 is 0 Å². The summed E-state index contributed by atoms with van der Waals surface area (Å²) in [5.41, 5.74) is 3.29. The molecule has 2 aromatic carbocycles. The van der Waals surface area contributed by atoms with E-state index in [9.17, 15) is 4.79 Å². The van der Waals surface area contributed by atoms with Gasteiger partial charge in [-0.1, -0.05) is 52.3 Å². The molecule has 4 heteroatoms. The number of benzene rings is 2. The van der Waals surface area contributed by atoms with Gasteiger partial charge < -0.3 is 10.1 Å². The van der Waals surface area contributed by atoms with Crippen LogP contribution in [0.3, 0.4) is 0 Å². The maximum Gasteiger partial charge on any atom is 0.224 e. The van der Waals surface area contributed by atoms with Crippen molar-refractivity contribution in [2.45, 2.75) is 18.3 Å². The first-order valence-electron chi connectivity index (χ1n) is 6.74. The van der Waals surface area contributed by atoms with Gasteiger partial charge in [-0.05, 0) is 28.8 Å². The van der Waals surface area contributed by atoms with Crippen molar-refractivity contribution in [3.63, 3.8) is 0 Å². The first kappa shape index (κ1) is 15.6. The van der Waals surface area contributed by atoms with Crippen molar-refractivity contribution >= 4 is 21.8 Å². The van der Waals surface area contributed by atoms with Gasteiger partial charge in [-0.25, -0.2) is 0 Å². The zero-order valence-electron chi connectivity index (χ0n) is 11.9. The molecule has 2 rings (SSSR count). The van der Waals surface area contributed by atoms with Crippen LogP contribution in [0.4, 0.5) is 0 Å². The molecule has 0 bridgehead atoms. The van der Waals surface area contributed by atoms with E-state index in [-0.39, 0.29) is 5.91 Å². The highest BCUT2D eigenvalue weighted by molar-refractivity contribution is 9.08. The molecule has 2 aromatic rings. The molecule has 21 heavy (non-hydrogen) atoms. The predicted octanol–water partition coefficient (Wildman–Crippen LogP) is 3.45. The predicted molar refractivity (Wildman–Crippen MR) is 87.6 cm³/mol. The quantitative estimate of drug-likeness (QED) is 0.812. The largest absolute Gasteiger partial charge is 0.497 e. The normalized spacial score (nSPS) is 10.2. The van der Waals surface area contributed by atoms with Crippen molar-refractivity contribution in [3.05, 3.63) is 65.2 Å². The van der Waals surface area contributed by atoms with Crippen molar-refractivity contribution < 1.29 is 9.53 Å². The topological polar surface area (TPSA) is 38.3 Å². The molecule has 0 heterocycles. The Kier molecular flexibility index (Phi) is 5.81. The van der Waals surface area contributed by atoms with E-state index in [0.29, 0.717) is 13.0 Å². The molecule has 0 aromatic heterocycles. The lowest BCUT2D eigenvalue weighted by Gasteiger charge is -2.07. The lowest BCUT2D eigenvalue weighted by atomic mass is 10.1. The monoisotopic (exact) mass is 347 g/mol. The molecule has 1 N–H and O–H groups in total. The molecule has 110 valence electrons. The van der Waals surface area contributed by atoms with Crippen molar-refractivity contribution in [2.24, 2.45) is 0 Å². The smallest absolute Gasteiger partial charge is 0.224 e. The van der Waals surface area contributed by atoms with Crippen molar-refractivity contribution in [1.82, 2.24) is 5.32 Å². The molecule has 0 aliphatic heterocycles. The minimum atomic E-state index is 0.0180. The Hall–Kier alpha value is -1.81. The first-order chi connectivity index (χ1) is 10.2. The Morgan fingerprint density at radius 3 is 2.48 bits per heavy atom. The molecule has 1 amide bonds. The lowest BCUT2D eigenvalue weighted by Crippen LogP contribution is -2.24. The van der Waals surface area contributed by atoms with Crippen LogP contribution >= 0.6 is 15.9 Å². The Bertz CT molecular complexity index is 596. The van der Waals surface area contributed by atoms with Crippen LogP contribution in [-0.4, -0.2) is 13.0 Å². The molecular weight excluding hydrogens is 330 g/mol. The number of carbonyl (C=O) groups is 1. The van der Waals surface area contributed by atoms with Crippen LogP contribution in [0.15, 0.2) is 48.5 Å². The van der Waals surface area contributed by atoms with Gasteiger partial charge in [-0.3, -0.25) is 4.79 Å². The lowest BCUT2D eigenvalue weighted by molar-refractivity contribution is -0.120. The third kappa shape index (κ3) is 4.90. The van der Waals surface area contributed by atoms with E-state index >= 15 is 0 Å². The summed E-state index contributed by atoms with van der Waals surface area (Å²) in [6, 6.07) is 15.7. The summed E-state index contributed by atoms with van der Waals surface area (Å²) < 4.78 is 5.10. The van der Waals surface area contributed by atoms with Crippen molar-refractivity contribution in [1.29, 1.82) is 0 Å². The summed E-state index contributed by atoms with van der Waals surface area (Å²) in [4.78, 5) is 11.9. The number of rotatable bonds is 6. The Morgan fingerprint density at radius 1 is 1.10 bits per heavy atom. The van der Waals surface area contributed by atoms with E-state index in [4.69, 9.17) is 4.74 Å². The van der Waals surface area contributed by atoms with Crippen molar-refractivity contribution in [2.75, 3.05) is 7.11 Å². The Balaban J connectivity index is 1.86. The third-order valence-electron chi connectivity index (χ3n) is 3.16.